The van der Waals surface area contributed by atoms with Crippen LogP contribution in [0.5, 0.6) is 0 Å². The third-order valence-electron chi connectivity index (χ3n) is 8.48. The Kier molecular flexibility index (Phi) is 8.64. The minimum atomic E-state index is -1.22. The lowest BCUT2D eigenvalue weighted by Gasteiger charge is -2.41. The van der Waals surface area contributed by atoms with E-state index in [0.717, 1.165) is 48.2 Å². The summed E-state index contributed by atoms with van der Waals surface area (Å²) >= 11 is 0. The number of hydrogen-bond acceptors (Lipinski definition) is 9. The van der Waals surface area contributed by atoms with Gasteiger partial charge < -0.3 is 24.2 Å². The molecule has 1 aromatic carbocycles. The summed E-state index contributed by atoms with van der Waals surface area (Å²) in [6.45, 7) is 13.1. The first-order chi connectivity index (χ1) is 21.5. The van der Waals surface area contributed by atoms with E-state index in [1.807, 2.05) is 58.2 Å². The largest absolute Gasteiger partial charge is 0.479 e. The van der Waals surface area contributed by atoms with E-state index in [0.29, 0.717) is 62.2 Å². The highest BCUT2D eigenvalue weighted by atomic mass is 16.5. The summed E-state index contributed by atoms with van der Waals surface area (Å²) < 4.78 is 22.2. The second kappa shape index (κ2) is 12.5. The zero-order chi connectivity index (χ0) is 31.8. The quantitative estimate of drug-likeness (QED) is 0.336. The standard InChI is InChI=1S/C33H43N7O5/c1-22-28(29(31(41)42)45-32(2,3)4)30-38-14-12-33(5,13-15-38)44-17-9-8-16-43-21-23-10-6-7-11-25(23)26-20-39(37-35-26)19-24-18-27(34-22)40(30)36-24/h6-7,10-11,18,20,29H,8-9,12-17,19,21H2,1-5H3,(H,41,42). The minimum absolute atomic E-state index is 0.273. The molecule has 0 spiro atoms. The van der Waals surface area contributed by atoms with Crippen molar-refractivity contribution in [3.63, 3.8) is 0 Å². The summed E-state index contributed by atoms with van der Waals surface area (Å²) in [5.41, 5.74) is 4.31. The average molecular weight is 618 g/mol. The molecule has 0 saturated carbocycles. The molecule has 45 heavy (non-hydrogen) atoms. The maximum atomic E-state index is 12.7. The summed E-state index contributed by atoms with van der Waals surface area (Å²) in [6, 6.07) is 10.0. The monoisotopic (exact) mass is 617 g/mol. The lowest BCUT2D eigenvalue weighted by atomic mass is 9.92. The molecule has 6 bridgehead atoms. The second-order valence-electron chi connectivity index (χ2n) is 13.3. The second-order valence-corrected chi connectivity index (χ2v) is 13.3. The molecule has 0 aliphatic carbocycles. The van der Waals surface area contributed by atoms with Crippen molar-refractivity contribution in [1.82, 2.24) is 29.6 Å². The summed E-state index contributed by atoms with van der Waals surface area (Å²) in [6.07, 6.45) is 4.08. The third-order valence-corrected chi connectivity index (χ3v) is 8.48. The fourth-order valence-electron chi connectivity index (χ4n) is 6.14. The molecular formula is C33H43N7O5. The number of rotatable bonds is 3. The Labute approximate surface area is 263 Å². The Hall–Kier alpha value is -3.87. The first-order valence-corrected chi connectivity index (χ1v) is 15.7. The summed E-state index contributed by atoms with van der Waals surface area (Å²) in [4.78, 5) is 19.8. The molecule has 12 heteroatoms. The first kappa shape index (κ1) is 31.1. The van der Waals surface area contributed by atoms with Crippen molar-refractivity contribution < 1.29 is 24.1 Å². The number of aryl methyl sites for hydroxylation is 1. The van der Waals surface area contributed by atoms with Gasteiger partial charge in [-0.1, -0.05) is 29.5 Å². The summed E-state index contributed by atoms with van der Waals surface area (Å²) in [5.74, 6) is -0.372. The average Bonchev–Trinajstić information content (AvgIpc) is 3.61. The molecule has 0 radical (unpaired) electrons. The molecule has 3 aromatic heterocycles. The van der Waals surface area contributed by atoms with Gasteiger partial charge in [-0.25, -0.2) is 14.5 Å². The SMILES string of the molecule is Cc1nc2cc3nn2c(c1C(OC(C)(C)C)C(=O)O)N1CCC(C)(CC1)OCCCCOCc1ccccc1-c1cn(nn1)C3. The van der Waals surface area contributed by atoms with E-state index in [9.17, 15) is 9.90 Å². The first-order valence-electron chi connectivity index (χ1n) is 15.7. The van der Waals surface area contributed by atoms with Gasteiger partial charge in [0.05, 0.1) is 41.8 Å². The van der Waals surface area contributed by atoms with Gasteiger partial charge in [-0.15, -0.1) is 5.10 Å². The molecular weight excluding hydrogens is 574 g/mol. The van der Waals surface area contributed by atoms with Crippen LogP contribution in [-0.2, 0) is 32.2 Å². The van der Waals surface area contributed by atoms with E-state index in [2.05, 4.69) is 28.2 Å². The summed E-state index contributed by atoms with van der Waals surface area (Å²) in [7, 11) is 0. The van der Waals surface area contributed by atoms with Crippen molar-refractivity contribution in [3.8, 4) is 11.3 Å². The van der Waals surface area contributed by atoms with Crippen molar-refractivity contribution in [3.05, 3.63) is 59.0 Å². The van der Waals surface area contributed by atoms with E-state index in [-0.39, 0.29) is 5.60 Å². The van der Waals surface area contributed by atoms with Crippen LogP contribution in [-0.4, -0.2) is 78.2 Å². The number of nitrogens with zero attached hydrogens (tertiary/aromatic N) is 7. The zero-order valence-electron chi connectivity index (χ0n) is 26.8. The highest BCUT2D eigenvalue weighted by Gasteiger charge is 2.37. The number of carbonyl (C=O) groups is 1. The number of piperidine rings is 1. The van der Waals surface area contributed by atoms with Crippen LogP contribution in [0.2, 0.25) is 0 Å². The van der Waals surface area contributed by atoms with Crippen LogP contribution in [0.1, 0.15) is 82.0 Å². The lowest BCUT2D eigenvalue weighted by Crippen LogP contribution is -2.46. The molecule has 1 saturated heterocycles. The number of hydrogen-bond donors (Lipinski definition) is 1. The van der Waals surface area contributed by atoms with Crippen molar-refractivity contribution in [2.45, 2.75) is 90.8 Å². The molecule has 3 aliphatic heterocycles. The molecule has 240 valence electrons. The van der Waals surface area contributed by atoms with Gasteiger partial charge in [0.2, 0.25) is 0 Å². The number of carboxylic acid groups (broad SMARTS) is 1. The Morgan fingerprint density at radius 1 is 1.13 bits per heavy atom. The van der Waals surface area contributed by atoms with Crippen molar-refractivity contribution in [2.24, 2.45) is 0 Å². The molecule has 6 heterocycles. The molecule has 1 atom stereocenters. The topological polar surface area (TPSA) is 129 Å². The highest BCUT2D eigenvalue weighted by Crippen LogP contribution is 2.38. The van der Waals surface area contributed by atoms with Crippen LogP contribution in [0, 0.1) is 6.92 Å². The van der Waals surface area contributed by atoms with E-state index >= 15 is 0 Å². The van der Waals surface area contributed by atoms with Crippen LogP contribution >= 0.6 is 0 Å². The third kappa shape index (κ3) is 6.87. The van der Waals surface area contributed by atoms with Gasteiger partial charge in [0.15, 0.2) is 11.8 Å². The molecule has 7 rings (SSSR count). The van der Waals surface area contributed by atoms with Gasteiger partial charge in [-0.2, -0.15) is 9.61 Å². The van der Waals surface area contributed by atoms with E-state index in [4.69, 9.17) is 24.3 Å². The van der Waals surface area contributed by atoms with E-state index in [1.165, 1.54) is 0 Å². The van der Waals surface area contributed by atoms with Gasteiger partial charge in [-0.3, -0.25) is 0 Å². The molecule has 4 aromatic rings. The Morgan fingerprint density at radius 2 is 1.89 bits per heavy atom. The Bertz CT molecular complexity index is 1670. The van der Waals surface area contributed by atoms with Crippen LogP contribution in [0.25, 0.3) is 16.9 Å². The summed E-state index contributed by atoms with van der Waals surface area (Å²) in [5, 5.41) is 24.2. The van der Waals surface area contributed by atoms with Gasteiger partial charge in [0, 0.05) is 43.6 Å². The molecule has 0 amide bonds. The lowest BCUT2D eigenvalue weighted by molar-refractivity contribution is -0.160. The van der Waals surface area contributed by atoms with Crippen LogP contribution in [0.4, 0.5) is 5.82 Å². The van der Waals surface area contributed by atoms with Gasteiger partial charge in [-0.05, 0) is 65.9 Å². The Balaban J connectivity index is 1.44. The number of aliphatic carboxylic acids is 1. The number of benzene rings is 1. The predicted molar refractivity (Wildman–Crippen MR) is 168 cm³/mol. The maximum Gasteiger partial charge on any atom is 0.337 e. The van der Waals surface area contributed by atoms with Crippen molar-refractivity contribution in [2.75, 3.05) is 31.2 Å². The number of fused-ring (bicyclic) bond motifs is 8. The maximum absolute atomic E-state index is 12.7. The smallest absolute Gasteiger partial charge is 0.337 e. The number of anilines is 1. The number of carboxylic acids is 1. The molecule has 1 fully saturated rings. The molecule has 1 unspecified atom stereocenters. The highest BCUT2D eigenvalue weighted by molar-refractivity contribution is 5.78. The van der Waals surface area contributed by atoms with Crippen LogP contribution in [0.3, 0.4) is 0 Å². The number of ether oxygens (including phenoxy) is 3. The fourth-order valence-corrected chi connectivity index (χ4v) is 6.14. The van der Waals surface area contributed by atoms with Gasteiger partial charge in [0.25, 0.3) is 0 Å². The fraction of sp³-hybridized carbons (Fsp3) is 0.545. The molecule has 3 aliphatic rings. The van der Waals surface area contributed by atoms with E-state index < -0.39 is 17.7 Å². The predicted octanol–water partition coefficient (Wildman–Crippen LogP) is 4.97. The van der Waals surface area contributed by atoms with Crippen LogP contribution in [0.15, 0.2) is 36.5 Å². The van der Waals surface area contributed by atoms with Gasteiger partial charge >= 0.3 is 5.97 Å². The molecule has 1 N–H and O–H groups in total. The minimum Gasteiger partial charge on any atom is -0.479 e. The zero-order valence-corrected chi connectivity index (χ0v) is 26.8. The number of aromatic nitrogens is 6. The van der Waals surface area contributed by atoms with E-state index in [1.54, 1.807) is 9.20 Å². The molecule has 12 nitrogen and oxygen atoms in total. The Morgan fingerprint density at radius 3 is 2.64 bits per heavy atom. The van der Waals surface area contributed by atoms with Crippen LogP contribution < -0.4 is 4.90 Å². The van der Waals surface area contributed by atoms with Crippen molar-refractivity contribution in [1.29, 1.82) is 0 Å². The van der Waals surface area contributed by atoms with Crippen molar-refractivity contribution >= 4 is 17.4 Å². The normalized spacial score (nSPS) is 18.5. The van der Waals surface area contributed by atoms with Gasteiger partial charge in [0.1, 0.15) is 11.5 Å².